The van der Waals surface area contributed by atoms with Crippen LogP contribution in [0.1, 0.15) is 21.7 Å². The summed E-state index contributed by atoms with van der Waals surface area (Å²) < 4.78 is 5.93. The van der Waals surface area contributed by atoms with Gasteiger partial charge in [0.25, 0.3) is 5.91 Å². The van der Waals surface area contributed by atoms with E-state index in [4.69, 9.17) is 4.74 Å². The monoisotopic (exact) mass is 323 g/mol. The van der Waals surface area contributed by atoms with E-state index in [2.05, 4.69) is 31.2 Å². The smallest absolute Gasteiger partial charge is 0.287 e. The first-order chi connectivity index (χ1) is 9.10. The molecule has 1 aromatic heterocycles. The molecule has 2 rings (SSSR count). The molecule has 1 heterocycles. The first-order valence-electron chi connectivity index (χ1n) is 5.72. The Morgan fingerprint density at radius 2 is 2.32 bits per heavy atom. The van der Waals surface area contributed by atoms with Gasteiger partial charge in [-0.2, -0.15) is 0 Å². The molecule has 0 aliphatic carbocycles. The van der Waals surface area contributed by atoms with Crippen LogP contribution in [0.25, 0.3) is 0 Å². The van der Waals surface area contributed by atoms with Gasteiger partial charge < -0.3 is 15.0 Å². The molecule has 0 atom stereocenters. The third-order valence-electron chi connectivity index (χ3n) is 2.64. The van der Waals surface area contributed by atoms with Crippen LogP contribution < -0.4 is 10.1 Å². The molecule has 100 valence electrons. The van der Waals surface area contributed by atoms with Gasteiger partial charge in [0, 0.05) is 12.1 Å². The molecule has 0 saturated heterocycles. The average Bonchev–Trinajstić information content (AvgIpc) is 2.83. The van der Waals surface area contributed by atoms with Crippen molar-refractivity contribution in [2.45, 2.75) is 13.5 Å². The number of H-pyrrole nitrogens is 1. The van der Waals surface area contributed by atoms with Crippen LogP contribution in [0.15, 0.2) is 29.0 Å². The van der Waals surface area contributed by atoms with Crippen molar-refractivity contribution in [1.29, 1.82) is 0 Å². The van der Waals surface area contributed by atoms with Gasteiger partial charge in [-0.05, 0) is 28.9 Å². The first-order valence-corrected chi connectivity index (χ1v) is 6.51. The van der Waals surface area contributed by atoms with E-state index in [-0.39, 0.29) is 11.7 Å². The molecule has 0 radical (unpaired) electrons. The maximum Gasteiger partial charge on any atom is 0.287 e. The fraction of sp³-hybridized carbons (Fsp3) is 0.231. The van der Waals surface area contributed by atoms with E-state index in [9.17, 15) is 4.79 Å². The number of imidazole rings is 1. The number of hydrogen-bond acceptors (Lipinski definition) is 3. The van der Waals surface area contributed by atoms with E-state index in [1.807, 2.05) is 25.1 Å². The Balaban J connectivity index is 2.06. The number of ether oxygens (including phenoxy) is 1. The third-order valence-corrected chi connectivity index (χ3v) is 3.04. The lowest BCUT2D eigenvalue weighted by Crippen LogP contribution is -2.24. The van der Waals surface area contributed by atoms with E-state index < -0.39 is 0 Å². The highest BCUT2D eigenvalue weighted by Gasteiger charge is 2.10. The van der Waals surface area contributed by atoms with Crippen molar-refractivity contribution >= 4 is 21.8 Å². The van der Waals surface area contributed by atoms with Crippen molar-refractivity contribution in [2.75, 3.05) is 7.11 Å². The van der Waals surface area contributed by atoms with Gasteiger partial charge >= 0.3 is 0 Å². The van der Waals surface area contributed by atoms with Crippen molar-refractivity contribution in [3.63, 3.8) is 0 Å². The van der Waals surface area contributed by atoms with E-state index in [0.29, 0.717) is 11.1 Å². The number of nitrogens with one attached hydrogen (secondary N) is 2. The summed E-state index contributed by atoms with van der Waals surface area (Å²) in [6.07, 6.45) is 1.54. The molecule has 0 aliphatic heterocycles. The van der Waals surface area contributed by atoms with Gasteiger partial charge in [-0.15, -0.1) is 0 Å². The number of halogens is 1. The Hall–Kier alpha value is -1.82. The molecule has 0 unspecified atom stereocenters. The van der Waals surface area contributed by atoms with Gasteiger partial charge in [0.2, 0.25) is 0 Å². The second-order valence-electron chi connectivity index (χ2n) is 4.08. The van der Waals surface area contributed by atoms with Gasteiger partial charge in [0.15, 0.2) is 5.82 Å². The normalized spacial score (nSPS) is 10.3. The average molecular weight is 324 g/mol. The minimum atomic E-state index is -0.255. The minimum absolute atomic E-state index is 0.255. The number of rotatable bonds is 4. The summed E-state index contributed by atoms with van der Waals surface area (Å²) in [5.74, 6) is 0.777. The summed E-state index contributed by atoms with van der Waals surface area (Å²) in [4.78, 5) is 18.6. The number of aryl methyl sites for hydroxylation is 1. The number of carbonyl (C=O) groups excluding carboxylic acids is 1. The van der Waals surface area contributed by atoms with E-state index in [1.54, 1.807) is 13.3 Å². The van der Waals surface area contributed by atoms with Crippen LogP contribution in [0, 0.1) is 6.92 Å². The second kappa shape index (κ2) is 5.88. The highest BCUT2D eigenvalue weighted by Crippen LogP contribution is 2.19. The number of benzene rings is 1. The topological polar surface area (TPSA) is 67.0 Å². The number of nitrogens with zero attached hydrogens (tertiary/aromatic N) is 1. The van der Waals surface area contributed by atoms with Crippen LogP contribution in [0.4, 0.5) is 0 Å². The second-order valence-corrected chi connectivity index (χ2v) is 4.93. The van der Waals surface area contributed by atoms with Gasteiger partial charge in [0.05, 0.1) is 13.3 Å². The van der Waals surface area contributed by atoms with Crippen molar-refractivity contribution in [1.82, 2.24) is 15.3 Å². The zero-order valence-electron chi connectivity index (χ0n) is 10.7. The summed E-state index contributed by atoms with van der Waals surface area (Å²) >= 11 is 3.21. The van der Waals surface area contributed by atoms with Crippen molar-refractivity contribution < 1.29 is 9.53 Å². The number of carbonyl (C=O) groups is 1. The summed E-state index contributed by atoms with van der Waals surface area (Å²) in [5, 5.41) is 2.80. The molecule has 1 amide bonds. The number of aromatic amines is 1. The number of methoxy groups -OCH3 is 1. The maximum absolute atomic E-state index is 11.8. The molecule has 6 heteroatoms. The molecule has 0 saturated carbocycles. The molecule has 5 nitrogen and oxygen atoms in total. The van der Waals surface area contributed by atoms with E-state index in [1.165, 1.54) is 0 Å². The van der Waals surface area contributed by atoms with Crippen LogP contribution in [0.3, 0.4) is 0 Å². The van der Waals surface area contributed by atoms with Gasteiger partial charge in [0.1, 0.15) is 10.4 Å². The maximum atomic E-state index is 11.8. The minimum Gasteiger partial charge on any atom is -0.496 e. The van der Waals surface area contributed by atoms with Crippen LogP contribution in [0.5, 0.6) is 5.75 Å². The molecule has 0 fully saturated rings. The molecule has 0 aliphatic rings. The first kappa shape index (κ1) is 13.6. The zero-order valence-corrected chi connectivity index (χ0v) is 12.2. The lowest BCUT2D eigenvalue weighted by molar-refractivity contribution is 0.0941. The molecule has 2 aromatic rings. The van der Waals surface area contributed by atoms with Crippen LogP contribution in [-0.2, 0) is 6.54 Å². The van der Waals surface area contributed by atoms with Crippen molar-refractivity contribution in [3.8, 4) is 5.75 Å². The van der Waals surface area contributed by atoms with Crippen LogP contribution >= 0.6 is 15.9 Å². The molecule has 1 aromatic carbocycles. The quantitative estimate of drug-likeness (QED) is 0.908. The highest BCUT2D eigenvalue weighted by atomic mass is 79.9. The summed E-state index contributed by atoms with van der Waals surface area (Å²) in [6, 6.07) is 5.84. The largest absolute Gasteiger partial charge is 0.496 e. The van der Waals surface area contributed by atoms with Crippen LogP contribution in [0.2, 0.25) is 0 Å². The summed E-state index contributed by atoms with van der Waals surface area (Å²) in [7, 11) is 1.61. The van der Waals surface area contributed by atoms with Gasteiger partial charge in [-0.3, -0.25) is 4.79 Å². The Labute approximate surface area is 119 Å². The van der Waals surface area contributed by atoms with E-state index in [0.717, 1.165) is 16.9 Å². The predicted octanol–water partition coefficient (Wildman–Crippen LogP) is 2.42. The number of aromatic nitrogens is 2. The van der Waals surface area contributed by atoms with Crippen molar-refractivity contribution in [3.05, 3.63) is 46.0 Å². The molecular formula is C13H14BrN3O2. The van der Waals surface area contributed by atoms with E-state index >= 15 is 0 Å². The van der Waals surface area contributed by atoms with Gasteiger partial charge in [-0.1, -0.05) is 17.7 Å². The Bertz CT molecular complexity index is 595. The predicted molar refractivity (Wildman–Crippen MR) is 75.2 cm³/mol. The van der Waals surface area contributed by atoms with Crippen molar-refractivity contribution in [2.24, 2.45) is 0 Å². The lowest BCUT2D eigenvalue weighted by Gasteiger charge is -2.10. The molecule has 0 bridgehead atoms. The number of amides is 1. The molecular weight excluding hydrogens is 310 g/mol. The molecule has 0 spiro atoms. The fourth-order valence-corrected chi connectivity index (χ4v) is 2.01. The summed E-state index contributed by atoms with van der Waals surface area (Å²) in [5.41, 5.74) is 2.05. The zero-order chi connectivity index (χ0) is 13.8. The lowest BCUT2D eigenvalue weighted by atomic mass is 10.1. The number of hydrogen-bond donors (Lipinski definition) is 2. The van der Waals surface area contributed by atoms with Crippen LogP contribution in [-0.4, -0.2) is 23.0 Å². The molecule has 2 N–H and O–H groups in total. The van der Waals surface area contributed by atoms with Gasteiger partial charge in [-0.25, -0.2) is 4.98 Å². The molecule has 19 heavy (non-hydrogen) atoms. The Kier molecular flexibility index (Phi) is 4.21. The Morgan fingerprint density at radius 1 is 1.53 bits per heavy atom. The fourth-order valence-electron chi connectivity index (χ4n) is 1.72. The summed E-state index contributed by atoms with van der Waals surface area (Å²) in [6.45, 7) is 2.39. The Morgan fingerprint density at radius 3 is 2.95 bits per heavy atom. The highest BCUT2D eigenvalue weighted by molar-refractivity contribution is 9.10. The standard InChI is InChI=1S/C13H14BrN3O2/c1-8-3-4-10(19-2)9(5-8)6-16-13(18)12-15-7-11(14)17-12/h3-5,7H,6H2,1-2H3,(H,15,17)(H,16,18). The SMILES string of the molecule is COc1ccc(C)cc1CNC(=O)c1ncc(Br)[nH]1. The third kappa shape index (κ3) is 3.35.